The molecule has 0 spiro atoms. The van der Waals surface area contributed by atoms with Gasteiger partial charge in [-0.15, -0.1) is 11.3 Å². The van der Waals surface area contributed by atoms with Gasteiger partial charge >= 0.3 is 0 Å². The monoisotopic (exact) mass is 335 g/mol. The van der Waals surface area contributed by atoms with E-state index in [1.807, 2.05) is 11.3 Å². The van der Waals surface area contributed by atoms with Crippen molar-refractivity contribution < 1.29 is 0 Å². The minimum Gasteiger partial charge on any atom is -0.312 e. The maximum Gasteiger partial charge on any atom is 0.0511 e. The van der Waals surface area contributed by atoms with Crippen molar-refractivity contribution in [3.05, 3.63) is 56.2 Å². The minimum absolute atomic E-state index is 0.298. The van der Waals surface area contributed by atoms with E-state index in [1.165, 1.54) is 32.6 Å². The van der Waals surface area contributed by atoms with Crippen LogP contribution in [0.1, 0.15) is 34.2 Å². The fourth-order valence-corrected chi connectivity index (χ4v) is 4.75. The Morgan fingerprint density at radius 3 is 2.42 bits per heavy atom. The first-order valence-corrected chi connectivity index (χ1v) is 8.27. The molecule has 1 fully saturated rings. The molecular weight excluding hydrogens is 318 g/mol. The third kappa shape index (κ3) is 2.28. The van der Waals surface area contributed by atoms with Gasteiger partial charge in [-0.25, -0.2) is 0 Å². The highest BCUT2D eigenvalue weighted by Gasteiger charge is 2.51. The Morgan fingerprint density at radius 2 is 1.95 bits per heavy atom. The van der Waals surface area contributed by atoms with Gasteiger partial charge in [0.2, 0.25) is 0 Å². The van der Waals surface area contributed by atoms with E-state index in [0.29, 0.717) is 11.5 Å². The first kappa shape index (κ1) is 13.3. The van der Waals surface area contributed by atoms with Crippen molar-refractivity contribution >= 4 is 27.3 Å². The van der Waals surface area contributed by atoms with Gasteiger partial charge in [0.1, 0.15) is 0 Å². The summed E-state index contributed by atoms with van der Waals surface area (Å²) in [4.78, 5) is 2.80. The fourth-order valence-electron chi connectivity index (χ4n) is 2.96. The van der Waals surface area contributed by atoms with E-state index in [0.717, 1.165) is 0 Å². The number of thiophene rings is 1. The molecule has 3 rings (SSSR count). The third-order valence-electron chi connectivity index (χ3n) is 4.14. The van der Waals surface area contributed by atoms with Crippen molar-refractivity contribution in [2.45, 2.75) is 31.2 Å². The summed E-state index contributed by atoms with van der Waals surface area (Å²) in [6.07, 6.45) is 2.55. The van der Waals surface area contributed by atoms with Crippen molar-refractivity contribution in [1.82, 2.24) is 5.32 Å². The summed E-state index contributed by atoms with van der Waals surface area (Å²) in [6, 6.07) is 13.6. The van der Waals surface area contributed by atoms with Crippen molar-refractivity contribution in [2.24, 2.45) is 0 Å². The lowest BCUT2D eigenvalue weighted by Crippen LogP contribution is -2.28. The van der Waals surface area contributed by atoms with Crippen LogP contribution in [-0.2, 0) is 5.41 Å². The van der Waals surface area contributed by atoms with Crippen LogP contribution in [0.4, 0.5) is 0 Å². The molecule has 0 radical (unpaired) electrons. The average Bonchev–Trinajstić information content (AvgIpc) is 3.15. The Labute approximate surface area is 127 Å². The molecule has 1 saturated carbocycles. The topological polar surface area (TPSA) is 12.0 Å². The number of nitrogens with one attached hydrogen (secondary N) is 1. The van der Waals surface area contributed by atoms with Crippen LogP contribution in [0.3, 0.4) is 0 Å². The lowest BCUT2D eigenvalue weighted by molar-refractivity contribution is 0.470. The molecule has 1 N–H and O–H groups in total. The van der Waals surface area contributed by atoms with Gasteiger partial charge in [0.05, 0.1) is 6.04 Å². The minimum atomic E-state index is 0.298. The Bertz CT molecular complexity index is 552. The standard InChI is InChI=1S/C16H18BrNS/c1-11-13(17)10-14(19-11)15(18-2)16(8-9-16)12-6-4-3-5-7-12/h3-7,10,15,18H,8-9H2,1-2H3. The largest absolute Gasteiger partial charge is 0.312 e. The number of aryl methyl sites for hydroxylation is 1. The zero-order valence-corrected chi connectivity index (χ0v) is 13.6. The number of halogens is 1. The molecule has 0 aliphatic heterocycles. The van der Waals surface area contributed by atoms with Crippen LogP contribution >= 0.6 is 27.3 Å². The second-order valence-electron chi connectivity index (χ2n) is 5.30. The first-order chi connectivity index (χ1) is 9.17. The summed E-state index contributed by atoms with van der Waals surface area (Å²) in [5, 5.41) is 3.55. The average molecular weight is 336 g/mol. The summed E-state index contributed by atoms with van der Waals surface area (Å²) in [6.45, 7) is 2.17. The predicted octanol–water partition coefficient (Wildman–Crippen LogP) is 4.81. The summed E-state index contributed by atoms with van der Waals surface area (Å²) in [5.74, 6) is 0. The smallest absolute Gasteiger partial charge is 0.0511 e. The molecule has 100 valence electrons. The summed E-state index contributed by atoms with van der Waals surface area (Å²) in [5.41, 5.74) is 1.77. The number of rotatable bonds is 4. The zero-order valence-electron chi connectivity index (χ0n) is 11.2. The van der Waals surface area contributed by atoms with E-state index >= 15 is 0 Å². The van der Waals surface area contributed by atoms with Crippen molar-refractivity contribution in [3.8, 4) is 0 Å². The number of likely N-dealkylation sites (N-methyl/N-ethyl adjacent to an activating group) is 1. The molecule has 1 aliphatic rings. The first-order valence-electron chi connectivity index (χ1n) is 6.66. The summed E-state index contributed by atoms with van der Waals surface area (Å²) < 4.78 is 1.23. The normalized spacial score (nSPS) is 18.3. The van der Waals surface area contributed by atoms with Gasteiger partial charge in [-0.05, 0) is 54.4 Å². The van der Waals surface area contributed by atoms with Crippen LogP contribution in [-0.4, -0.2) is 7.05 Å². The molecule has 1 nitrogen and oxygen atoms in total. The maximum absolute atomic E-state index is 3.64. The Balaban J connectivity index is 1.99. The molecule has 0 bridgehead atoms. The molecule has 2 aromatic rings. The Kier molecular flexibility index (Phi) is 3.54. The van der Waals surface area contributed by atoms with E-state index in [9.17, 15) is 0 Å². The highest BCUT2D eigenvalue weighted by Crippen LogP contribution is 2.57. The summed E-state index contributed by atoms with van der Waals surface area (Å²) >= 11 is 5.54. The van der Waals surface area contributed by atoms with E-state index in [-0.39, 0.29) is 0 Å². The number of benzene rings is 1. The van der Waals surface area contributed by atoms with E-state index in [4.69, 9.17) is 0 Å². The van der Waals surface area contributed by atoms with Crippen molar-refractivity contribution in [1.29, 1.82) is 0 Å². The molecule has 0 saturated heterocycles. The zero-order chi connectivity index (χ0) is 13.5. The number of hydrogen-bond donors (Lipinski definition) is 1. The Morgan fingerprint density at radius 1 is 1.26 bits per heavy atom. The van der Waals surface area contributed by atoms with Crippen LogP contribution in [0.5, 0.6) is 0 Å². The van der Waals surface area contributed by atoms with E-state index in [2.05, 4.69) is 71.6 Å². The Hall–Kier alpha value is -0.640. The highest BCUT2D eigenvalue weighted by molar-refractivity contribution is 9.10. The molecule has 1 aliphatic carbocycles. The van der Waals surface area contributed by atoms with Gasteiger partial charge in [0.25, 0.3) is 0 Å². The van der Waals surface area contributed by atoms with Crippen molar-refractivity contribution in [3.63, 3.8) is 0 Å². The predicted molar refractivity (Wildman–Crippen MR) is 85.9 cm³/mol. The van der Waals surface area contributed by atoms with E-state index < -0.39 is 0 Å². The molecule has 3 heteroatoms. The van der Waals surface area contributed by atoms with Gasteiger partial charge in [-0.3, -0.25) is 0 Å². The van der Waals surface area contributed by atoms with Gasteiger partial charge in [0.15, 0.2) is 0 Å². The van der Waals surface area contributed by atoms with E-state index in [1.54, 1.807) is 0 Å². The maximum atomic E-state index is 3.64. The summed E-state index contributed by atoms with van der Waals surface area (Å²) in [7, 11) is 2.08. The van der Waals surface area contributed by atoms with Crippen LogP contribution in [0.25, 0.3) is 0 Å². The van der Waals surface area contributed by atoms with Gasteiger partial charge in [0, 0.05) is 19.6 Å². The van der Waals surface area contributed by atoms with Crippen molar-refractivity contribution in [2.75, 3.05) is 7.05 Å². The quantitative estimate of drug-likeness (QED) is 0.845. The SMILES string of the molecule is CNC(c1cc(Br)c(C)s1)C1(c2ccccc2)CC1. The molecule has 0 amide bonds. The molecule has 1 aromatic heterocycles. The number of hydrogen-bond acceptors (Lipinski definition) is 2. The van der Waals surface area contributed by atoms with Crippen LogP contribution in [0.15, 0.2) is 40.9 Å². The van der Waals surface area contributed by atoms with Crippen LogP contribution in [0.2, 0.25) is 0 Å². The highest BCUT2D eigenvalue weighted by atomic mass is 79.9. The van der Waals surface area contributed by atoms with Crippen LogP contribution in [0, 0.1) is 6.92 Å². The molecule has 1 unspecified atom stereocenters. The second-order valence-corrected chi connectivity index (χ2v) is 7.44. The lowest BCUT2D eigenvalue weighted by atomic mass is 9.87. The molecule has 1 atom stereocenters. The molecular formula is C16H18BrNS. The van der Waals surface area contributed by atoms with Gasteiger partial charge in [-0.2, -0.15) is 0 Å². The van der Waals surface area contributed by atoms with Crippen LogP contribution < -0.4 is 5.32 Å². The third-order valence-corrected chi connectivity index (χ3v) is 6.34. The second kappa shape index (κ2) is 5.04. The lowest BCUT2D eigenvalue weighted by Gasteiger charge is -2.26. The van der Waals surface area contributed by atoms with Gasteiger partial charge < -0.3 is 5.32 Å². The molecule has 19 heavy (non-hydrogen) atoms. The molecule has 1 heterocycles. The molecule has 1 aromatic carbocycles. The fraction of sp³-hybridized carbons (Fsp3) is 0.375. The van der Waals surface area contributed by atoms with Gasteiger partial charge in [-0.1, -0.05) is 30.3 Å².